The Morgan fingerprint density at radius 3 is 2.60 bits per heavy atom. The van der Waals surface area contributed by atoms with Gasteiger partial charge in [0.05, 0.1) is 0 Å². The van der Waals surface area contributed by atoms with Crippen molar-refractivity contribution >= 4 is 11.6 Å². The fourth-order valence-electron chi connectivity index (χ4n) is 1.99. The molecule has 20 heavy (non-hydrogen) atoms. The normalized spacial score (nSPS) is 11.9. The van der Waals surface area contributed by atoms with Gasteiger partial charge >= 0.3 is 0 Å². The largest absolute Gasteiger partial charge is 0.399 e. The van der Waals surface area contributed by atoms with E-state index in [9.17, 15) is 9.18 Å². The van der Waals surface area contributed by atoms with Gasteiger partial charge in [-0.1, -0.05) is 37.3 Å². The number of nitrogens with two attached hydrogens (primary N) is 1. The fourth-order valence-corrected chi connectivity index (χ4v) is 1.99. The standard InChI is InChI=1S/C16H17FN2O/c1-11(12-5-3-2-4-6-12)10-19-16(20)13-7-14(17)9-15(18)8-13/h2-9,11H,10,18H2,1H3,(H,19,20). The van der Waals surface area contributed by atoms with Gasteiger partial charge in [-0.25, -0.2) is 4.39 Å². The molecule has 1 unspecified atom stereocenters. The van der Waals surface area contributed by atoms with Crippen LogP contribution in [0.4, 0.5) is 10.1 Å². The third kappa shape index (κ3) is 3.57. The molecule has 0 aliphatic carbocycles. The van der Waals surface area contributed by atoms with Gasteiger partial charge in [0.25, 0.3) is 5.91 Å². The van der Waals surface area contributed by atoms with Crippen molar-refractivity contribution in [3.05, 3.63) is 65.5 Å². The molecule has 0 bridgehead atoms. The van der Waals surface area contributed by atoms with Gasteiger partial charge in [0.1, 0.15) is 5.82 Å². The molecule has 0 aromatic heterocycles. The molecule has 104 valence electrons. The van der Waals surface area contributed by atoms with Crippen LogP contribution in [-0.2, 0) is 0 Å². The van der Waals surface area contributed by atoms with E-state index in [1.807, 2.05) is 37.3 Å². The van der Waals surface area contributed by atoms with Gasteiger partial charge in [-0.15, -0.1) is 0 Å². The van der Waals surface area contributed by atoms with E-state index in [2.05, 4.69) is 5.32 Å². The van der Waals surface area contributed by atoms with Crippen LogP contribution in [0.1, 0.15) is 28.8 Å². The summed E-state index contributed by atoms with van der Waals surface area (Å²) in [5, 5.41) is 2.79. The third-order valence-electron chi connectivity index (χ3n) is 3.12. The number of carbonyl (C=O) groups is 1. The van der Waals surface area contributed by atoms with Gasteiger partial charge in [-0.2, -0.15) is 0 Å². The average molecular weight is 272 g/mol. The van der Waals surface area contributed by atoms with Crippen LogP contribution in [0.5, 0.6) is 0 Å². The van der Waals surface area contributed by atoms with E-state index in [1.165, 1.54) is 18.2 Å². The average Bonchev–Trinajstić information content (AvgIpc) is 2.44. The van der Waals surface area contributed by atoms with Crippen molar-refractivity contribution in [3.8, 4) is 0 Å². The zero-order valence-electron chi connectivity index (χ0n) is 11.3. The predicted octanol–water partition coefficient (Wildman–Crippen LogP) is 2.94. The number of benzene rings is 2. The first kappa shape index (κ1) is 14.1. The lowest BCUT2D eigenvalue weighted by atomic mass is 10.0. The van der Waals surface area contributed by atoms with Crippen LogP contribution in [-0.4, -0.2) is 12.5 Å². The van der Waals surface area contributed by atoms with Crippen LogP contribution in [0.25, 0.3) is 0 Å². The number of carbonyl (C=O) groups excluding carboxylic acids is 1. The Balaban J connectivity index is 1.98. The number of anilines is 1. The fraction of sp³-hybridized carbons (Fsp3) is 0.188. The quantitative estimate of drug-likeness (QED) is 0.841. The summed E-state index contributed by atoms with van der Waals surface area (Å²) in [6.07, 6.45) is 0. The molecule has 3 nitrogen and oxygen atoms in total. The SMILES string of the molecule is CC(CNC(=O)c1cc(N)cc(F)c1)c1ccccc1. The second-order valence-electron chi connectivity index (χ2n) is 4.79. The van der Waals surface area contributed by atoms with Crippen molar-refractivity contribution in [3.63, 3.8) is 0 Å². The van der Waals surface area contributed by atoms with Gasteiger partial charge in [0, 0.05) is 17.8 Å². The van der Waals surface area contributed by atoms with Crippen molar-refractivity contribution in [1.29, 1.82) is 0 Å². The summed E-state index contributed by atoms with van der Waals surface area (Å²) in [5.74, 6) is -0.642. The number of hydrogen-bond acceptors (Lipinski definition) is 2. The molecule has 0 heterocycles. The van der Waals surface area contributed by atoms with Crippen LogP contribution >= 0.6 is 0 Å². The monoisotopic (exact) mass is 272 g/mol. The van der Waals surface area contributed by atoms with E-state index >= 15 is 0 Å². The number of nitrogen functional groups attached to an aromatic ring is 1. The maximum Gasteiger partial charge on any atom is 0.251 e. The minimum atomic E-state index is -0.508. The number of rotatable bonds is 4. The second kappa shape index (κ2) is 6.19. The van der Waals surface area contributed by atoms with Crippen LogP contribution in [0, 0.1) is 5.82 Å². The second-order valence-corrected chi connectivity index (χ2v) is 4.79. The van der Waals surface area contributed by atoms with Crippen molar-refractivity contribution in [1.82, 2.24) is 5.32 Å². The Hall–Kier alpha value is -2.36. The van der Waals surface area contributed by atoms with Crippen molar-refractivity contribution in [2.24, 2.45) is 0 Å². The van der Waals surface area contributed by atoms with Crippen LogP contribution in [0.3, 0.4) is 0 Å². The number of amides is 1. The van der Waals surface area contributed by atoms with E-state index < -0.39 is 5.82 Å². The van der Waals surface area contributed by atoms with E-state index in [0.29, 0.717) is 6.54 Å². The molecule has 0 saturated carbocycles. The molecular formula is C16H17FN2O. The topological polar surface area (TPSA) is 55.1 Å². The Kier molecular flexibility index (Phi) is 4.35. The maximum absolute atomic E-state index is 13.2. The number of halogens is 1. The summed E-state index contributed by atoms with van der Waals surface area (Å²) >= 11 is 0. The highest BCUT2D eigenvalue weighted by atomic mass is 19.1. The minimum absolute atomic E-state index is 0.186. The lowest BCUT2D eigenvalue weighted by Crippen LogP contribution is -2.27. The van der Waals surface area contributed by atoms with Crippen LogP contribution in [0.15, 0.2) is 48.5 Å². The Morgan fingerprint density at radius 1 is 1.25 bits per heavy atom. The smallest absolute Gasteiger partial charge is 0.251 e. The Bertz CT molecular complexity index is 578. The molecular weight excluding hydrogens is 255 g/mol. The van der Waals surface area contributed by atoms with Crippen LogP contribution < -0.4 is 11.1 Å². The summed E-state index contributed by atoms with van der Waals surface area (Å²) in [4.78, 5) is 12.0. The molecule has 0 aliphatic heterocycles. The molecule has 0 aliphatic rings. The maximum atomic E-state index is 13.2. The van der Waals surface area contributed by atoms with Gasteiger partial charge in [-0.05, 0) is 29.7 Å². The first-order chi connectivity index (χ1) is 9.56. The number of nitrogens with one attached hydrogen (secondary N) is 1. The summed E-state index contributed by atoms with van der Waals surface area (Å²) in [7, 11) is 0. The Morgan fingerprint density at radius 2 is 1.95 bits per heavy atom. The summed E-state index contributed by atoms with van der Waals surface area (Å²) in [5.41, 5.74) is 7.15. The highest BCUT2D eigenvalue weighted by Gasteiger charge is 2.10. The summed E-state index contributed by atoms with van der Waals surface area (Å²) < 4.78 is 13.2. The lowest BCUT2D eigenvalue weighted by Gasteiger charge is -2.13. The highest BCUT2D eigenvalue weighted by molar-refractivity contribution is 5.95. The minimum Gasteiger partial charge on any atom is -0.399 e. The zero-order valence-corrected chi connectivity index (χ0v) is 11.3. The van der Waals surface area contributed by atoms with E-state index in [0.717, 1.165) is 5.56 Å². The van der Waals surface area contributed by atoms with E-state index in [1.54, 1.807) is 0 Å². The molecule has 3 N–H and O–H groups in total. The molecule has 4 heteroatoms. The molecule has 0 fully saturated rings. The molecule has 0 radical (unpaired) electrons. The molecule has 2 aromatic rings. The molecule has 0 saturated heterocycles. The molecule has 1 amide bonds. The first-order valence-electron chi connectivity index (χ1n) is 6.45. The van der Waals surface area contributed by atoms with E-state index in [4.69, 9.17) is 5.73 Å². The third-order valence-corrected chi connectivity index (χ3v) is 3.12. The van der Waals surface area contributed by atoms with Gasteiger partial charge in [0.15, 0.2) is 0 Å². The molecule has 0 spiro atoms. The highest BCUT2D eigenvalue weighted by Crippen LogP contribution is 2.14. The van der Waals surface area contributed by atoms with Crippen molar-refractivity contribution in [2.75, 3.05) is 12.3 Å². The predicted molar refractivity (Wildman–Crippen MR) is 78.0 cm³/mol. The van der Waals surface area contributed by atoms with E-state index in [-0.39, 0.29) is 23.1 Å². The van der Waals surface area contributed by atoms with Crippen molar-refractivity contribution < 1.29 is 9.18 Å². The first-order valence-corrected chi connectivity index (χ1v) is 6.45. The number of hydrogen-bond donors (Lipinski definition) is 2. The Labute approximate surface area is 117 Å². The summed E-state index contributed by atoms with van der Waals surface area (Å²) in [6, 6.07) is 13.7. The van der Waals surface area contributed by atoms with Crippen LogP contribution in [0.2, 0.25) is 0 Å². The van der Waals surface area contributed by atoms with Gasteiger partial charge in [-0.3, -0.25) is 4.79 Å². The van der Waals surface area contributed by atoms with Gasteiger partial charge < -0.3 is 11.1 Å². The van der Waals surface area contributed by atoms with Gasteiger partial charge in [0.2, 0.25) is 0 Å². The molecule has 1 atom stereocenters. The molecule has 2 aromatic carbocycles. The lowest BCUT2D eigenvalue weighted by molar-refractivity contribution is 0.0951. The summed E-state index contributed by atoms with van der Waals surface area (Å²) in [6.45, 7) is 2.51. The van der Waals surface area contributed by atoms with Crippen molar-refractivity contribution in [2.45, 2.75) is 12.8 Å². The molecule has 2 rings (SSSR count). The zero-order chi connectivity index (χ0) is 14.5.